The van der Waals surface area contributed by atoms with Gasteiger partial charge in [0, 0.05) is 5.33 Å². The van der Waals surface area contributed by atoms with Crippen LogP contribution in [0.5, 0.6) is 0 Å². The lowest BCUT2D eigenvalue weighted by molar-refractivity contribution is -0.137. The van der Waals surface area contributed by atoms with E-state index in [-0.39, 0.29) is 10.6 Å². The smallest absolute Gasteiger partial charge is 0.224 e. The molecule has 0 atom stereocenters. The van der Waals surface area contributed by atoms with Crippen LogP contribution in [0, 0.1) is 5.41 Å². The summed E-state index contributed by atoms with van der Waals surface area (Å²) in [5.41, 5.74) is -1.25. The minimum absolute atomic E-state index is 0.0669. The molecule has 0 aliphatic carbocycles. The fourth-order valence-electron chi connectivity index (χ4n) is 2.02. The molecule has 21 heavy (non-hydrogen) atoms. The first kappa shape index (κ1) is 18.5. The predicted molar refractivity (Wildman–Crippen MR) is 80.3 cm³/mol. The molecule has 0 fully saturated rings. The van der Waals surface area contributed by atoms with Crippen LogP contribution in [-0.2, 0) is 16.0 Å². The van der Waals surface area contributed by atoms with E-state index in [1.165, 1.54) is 0 Å². The van der Waals surface area contributed by atoms with Crippen LogP contribution in [0.4, 0.5) is 13.2 Å². The van der Waals surface area contributed by atoms with Gasteiger partial charge in [0.05, 0.1) is 16.2 Å². The van der Waals surface area contributed by atoms with Crippen LogP contribution in [0.15, 0.2) is 29.2 Å². The van der Waals surface area contributed by atoms with Gasteiger partial charge in [-0.2, -0.15) is 13.2 Å². The molecule has 0 aromatic heterocycles. The number of sulfone groups is 1. The topological polar surface area (TPSA) is 34.1 Å². The monoisotopic (exact) mass is 386 g/mol. The number of benzene rings is 1. The summed E-state index contributed by atoms with van der Waals surface area (Å²) in [5.74, 6) is -0.0797. The lowest BCUT2D eigenvalue weighted by atomic mass is 9.87. The molecule has 0 spiro atoms. The van der Waals surface area contributed by atoms with Gasteiger partial charge in [-0.15, -0.1) is 0 Å². The Bertz CT molecular complexity index is 553. The van der Waals surface area contributed by atoms with Crippen LogP contribution >= 0.6 is 15.9 Å². The Morgan fingerprint density at radius 3 is 1.86 bits per heavy atom. The highest BCUT2D eigenvalue weighted by Crippen LogP contribution is 2.34. The Balaban J connectivity index is 3.09. The molecule has 0 bridgehead atoms. The fraction of sp³-hybridized carbons (Fsp3) is 0.571. The van der Waals surface area contributed by atoms with Crippen LogP contribution in [0.25, 0.3) is 0 Å². The van der Waals surface area contributed by atoms with Gasteiger partial charge in [-0.05, 0) is 42.5 Å². The highest BCUT2D eigenvalue weighted by molar-refractivity contribution is 9.09. The summed E-state index contributed by atoms with van der Waals surface area (Å²) in [6.45, 7) is 3.82. The van der Waals surface area contributed by atoms with E-state index in [9.17, 15) is 21.6 Å². The van der Waals surface area contributed by atoms with Crippen molar-refractivity contribution in [2.24, 2.45) is 5.41 Å². The average molecular weight is 387 g/mol. The maximum atomic E-state index is 12.5. The Morgan fingerprint density at radius 2 is 1.52 bits per heavy atom. The van der Waals surface area contributed by atoms with E-state index in [2.05, 4.69) is 15.9 Å². The quantitative estimate of drug-likeness (QED) is 0.665. The molecule has 1 aromatic carbocycles. The minimum Gasteiger partial charge on any atom is -0.224 e. The van der Waals surface area contributed by atoms with Crippen molar-refractivity contribution in [3.63, 3.8) is 0 Å². The van der Waals surface area contributed by atoms with E-state index in [4.69, 9.17) is 0 Å². The Labute approximate surface area is 131 Å². The summed E-state index contributed by atoms with van der Waals surface area (Å²) in [4.78, 5) is -0.0669. The second-order valence-corrected chi connectivity index (χ2v) is 7.67. The van der Waals surface area contributed by atoms with Crippen LogP contribution in [-0.4, -0.2) is 19.5 Å². The summed E-state index contributed by atoms with van der Waals surface area (Å²) < 4.78 is 62.3. The van der Waals surface area contributed by atoms with E-state index >= 15 is 0 Å². The van der Waals surface area contributed by atoms with Crippen LogP contribution in [0.1, 0.15) is 32.3 Å². The lowest BCUT2D eigenvalue weighted by Gasteiger charge is -2.29. The zero-order chi connectivity index (χ0) is 16.3. The van der Waals surface area contributed by atoms with Crippen LogP contribution in [0.3, 0.4) is 0 Å². The van der Waals surface area contributed by atoms with Crippen molar-refractivity contribution in [3.8, 4) is 0 Å². The molecule has 1 aromatic rings. The zero-order valence-corrected chi connectivity index (χ0v) is 14.3. The SMILES string of the molecule is CCC(CC)(CBr)CS(=O)(=O)c1ccc(C(F)(F)F)cc1. The average Bonchev–Trinajstić information content (AvgIpc) is 2.44. The highest BCUT2D eigenvalue weighted by atomic mass is 79.9. The van der Waals surface area contributed by atoms with Crippen molar-refractivity contribution in [3.05, 3.63) is 29.8 Å². The normalized spacial score (nSPS) is 13.4. The van der Waals surface area contributed by atoms with Gasteiger partial charge in [0.2, 0.25) is 0 Å². The van der Waals surface area contributed by atoms with Gasteiger partial charge in [0.1, 0.15) is 0 Å². The van der Waals surface area contributed by atoms with Crippen molar-refractivity contribution < 1.29 is 21.6 Å². The summed E-state index contributed by atoms with van der Waals surface area (Å²) >= 11 is 3.34. The van der Waals surface area contributed by atoms with Crippen LogP contribution in [0.2, 0.25) is 0 Å². The molecule has 0 radical (unpaired) electrons. The fourth-order valence-corrected chi connectivity index (χ4v) is 5.31. The maximum Gasteiger partial charge on any atom is 0.416 e. The minimum atomic E-state index is -4.46. The molecule has 2 nitrogen and oxygen atoms in total. The largest absolute Gasteiger partial charge is 0.416 e. The van der Waals surface area contributed by atoms with Crippen molar-refractivity contribution >= 4 is 25.8 Å². The van der Waals surface area contributed by atoms with Gasteiger partial charge in [-0.1, -0.05) is 29.8 Å². The first-order valence-corrected chi connectivity index (χ1v) is 9.33. The van der Waals surface area contributed by atoms with E-state index in [1.54, 1.807) is 0 Å². The Kier molecular flexibility index (Phi) is 5.89. The molecular weight excluding hydrogens is 369 g/mol. The first-order valence-electron chi connectivity index (χ1n) is 6.56. The second-order valence-electron chi connectivity index (χ2n) is 5.12. The van der Waals surface area contributed by atoms with Crippen molar-refractivity contribution in [2.45, 2.75) is 37.8 Å². The van der Waals surface area contributed by atoms with Crippen LogP contribution < -0.4 is 0 Å². The van der Waals surface area contributed by atoms with Gasteiger partial charge in [-0.25, -0.2) is 8.42 Å². The highest BCUT2D eigenvalue weighted by Gasteiger charge is 2.34. The number of halogens is 4. The molecule has 1 rings (SSSR count). The molecule has 0 heterocycles. The molecule has 0 aliphatic heterocycles. The number of hydrogen-bond donors (Lipinski definition) is 0. The van der Waals surface area contributed by atoms with Gasteiger partial charge in [-0.3, -0.25) is 0 Å². The molecule has 0 amide bonds. The maximum absolute atomic E-state index is 12.5. The molecule has 0 saturated heterocycles. The van der Waals surface area contributed by atoms with E-state index in [0.29, 0.717) is 18.2 Å². The standard InChI is InChI=1S/C14H18BrF3O2S/c1-3-13(4-2,9-15)10-21(19,20)12-7-5-11(6-8-12)14(16,17)18/h5-8H,3-4,9-10H2,1-2H3. The second kappa shape index (κ2) is 6.69. The number of alkyl halides is 4. The third kappa shape index (κ3) is 4.45. The third-order valence-electron chi connectivity index (χ3n) is 3.82. The molecule has 0 aliphatic rings. The number of hydrogen-bond acceptors (Lipinski definition) is 2. The molecule has 0 unspecified atom stereocenters. The molecule has 120 valence electrons. The molecular formula is C14H18BrF3O2S. The molecule has 7 heteroatoms. The van der Waals surface area contributed by atoms with Gasteiger partial charge in [0.15, 0.2) is 9.84 Å². The summed E-state index contributed by atoms with van der Waals surface area (Å²) in [5, 5.41) is 0.535. The summed E-state index contributed by atoms with van der Waals surface area (Å²) in [6.07, 6.45) is -3.11. The summed E-state index contributed by atoms with van der Waals surface area (Å²) in [6, 6.07) is 3.67. The first-order chi connectivity index (χ1) is 9.60. The number of rotatable bonds is 6. The summed E-state index contributed by atoms with van der Waals surface area (Å²) in [7, 11) is -3.61. The van der Waals surface area contributed by atoms with E-state index in [0.717, 1.165) is 24.3 Å². The van der Waals surface area contributed by atoms with Gasteiger partial charge < -0.3 is 0 Å². The Hall–Kier alpha value is -0.560. The van der Waals surface area contributed by atoms with Crippen molar-refractivity contribution in [1.29, 1.82) is 0 Å². The predicted octanol–water partition coefficient (Wildman–Crippen LogP) is 4.68. The molecule has 0 saturated carbocycles. The van der Waals surface area contributed by atoms with Gasteiger partial charge in [0.25, 0.3) is 0 Å². The Morgan fingerprint density at radius 1 is 1.05 bits per heavy atom. The van der Waals surface area contributed by atoms with Gasteiger partial charge >= 0.3 is 6.18 Å². The molecule has 0 N–H and O–H groups in total. The van der Waals surface area contributed by atoms with E-state index < -0.39 is 27.0 Å². The van der Waals surface area contributed by atoms with Crippen molar-refractivity contribution in [2.75, 3.05) is 11.1 Å². The lowest BCUT2D eigenvalue weighted by Crippen LogP contribution is -2.30. The van der Waals surface area contributed by atoms with Crippen molar-refractivity contribution in [1.82, 2.24) is 0 Å². The third-order valence-corrected chi connectivity index (χ3v) is 6.99. The van der Waals surface area contributed by atoms with E-state index in [1.807, 2.05) is 13.8 Å². The zero-order valence-electron chi connectivity index (χ0n) is 11.9.